The number of carbonyl (C=O) groups excluding carboxylic acids is 1. The zero-order chi connectivity index (χ0) is 21.8. The van der Waals surface area contributed by atoms with Crippen LogP contribution in [0.15, 0.2) is 70.8 Å². The first-order chi connectivity index (χ1) is 15.1. The number of esters is 1. The minimum Gasteiger partial charge on any atom is -0.493 e. The van der Waals surface area contributed by atoms with Gasteiger partial charge in [0.25, 0.3) is 0 Å². The predicted molar refractivity (Wildman–Crippen MR) is 116 cm³/mol. The fourth-order valence-electron chi connectivity index (χ4n) is 3.21. The van der Waals surface area contributed by atoms with Gasteiger partial charge in [0, 0.05) is 17.1 Å². The summed E-state index contributed by atoms with van der Waals surface area (Å²) < 4.78 is 18.1. The molecule has 154 valence electrons. The summed E-state index contributed by atoms with van der Waals surface area (Å²) in [5.41, 5.74) is 2.33. The van der Waals surface area contributed by atoms with Crippen LogP contribution in [0.1, 0.15) is 12.5 Å². The Kier molecular flexibility index (Phi) is 5.54. The van der Waals surface area contributed by atoms with Crippen molar-refractivity contribution < 1.29 is 18.7 Å². The third-order valence-electron chi connectivity index (χ3n) is 4.64. The van der Waals surface area contributed by atoms with E-state index in [0.29, 0.717) is 28.4 Å². The lowest BCUT2D eigenvalue weighted by molar-refractivity contribution is -0.137. The second kappa shape index (κ2) is 8.59. The number of hydrogen-bond donors (Lipinski definition) is 0. The molecule has 0 radical (unpaired) electrons. The maximum atomic E-state index is 12.1. The summed E-state index contributed by atoms with van der Waals surface area (Å²) in [7, 11) is 1.58. The molecule has 0 bridgehead atoms. The summed E-state index contributed by atoms with van der Waals surface area (Å²) in [6.07, 6.45) is 3.20. The van der Waals surface area contributed by atoms with Crippen molar-refractivity contribution in [2.45, 2.75) is 6.92 Å². The summed E-state index contributed by atoms with van der Waals surface area (Å²) in [4.78, 5) is 12.1. The lowest BCUT2D eigenvalue weighted by atomic mass is 10.1. The van der Waals surface area contributed by atoms with Crippen LogP contribution in [0.25, 0.3) is 34.2 Å². The molecule has 0 aliphatic rings. The summed E-state index contributed by atoms with van der Waals surface area (Å²) >= 11 is 0. The van der Waals surface area contributed by atoms with Crippen LogP contribution in [-0.2, 0) is 9.53 Å². The van der Waals surface area contributed by atoms with Gasteiger partial charge in [0.05, 0.1) is 19.4 Å². The highest BCUT2D eigenvalue weighted by molar-refractivity contribution is 5.99. The maximum absolute atomic E-state index is 12.1. The van der Waals surface area contributed by atoms with Crippen molar-refractivity contribution in [2.75, 3.05) is 13.7 Å². The molecule has 0 atom stereocenters. The molecule has 0 fully saturated rings. The van der Waals surface area contributed by atoms with Gasteiger partial charge in [-0.15, -0.1) is 0 Å². The first-order valence-electron chi connectivity index (χ1n) is 9.65. The Balaban J connectivity index is 1.89. The molecule has 0 aliphatic heterocycles. The van der Waals surface area contributed by atoms with E-state index in [1.807, 2.05) is 60.7 Å². The normalized spacial score (nSPS) is 11.3. The first-order valence-corrected chi connectivity index (χ1v) is 9.65. The third-order valence-corrected chi connectivity index (χ3v) is 4.64. The summed E-state index contributed by atoms with van der Waals surface area (Å²) in [6, 6.07) is 18.9. The smallest absolute Gasteiger partial charge is 0.348 e. The van der Waals surface area contributed by atoms with Gasteiger partial charge in [-0.3, -0.25) is 0 Å². The van der Waals surface area contributed by atoms with Crippen LogP contribution in [-0.4, -0.2) is 29.5 Å². The van der Waals surface area contributed by atoms with Gasteiger partial charge in [0.1, 0.15) is 17.3 Å². The maximum Gasteiger partial charge on any atom is 0.348 e. The highest BCUT2D eigenvalue weighted by Gasteiger charge is 2.19. The third kappa shape index (κ3) is 3.91. The molecule has 0 unspecified atom stereocenters. The molecule has 4 rings (SSSR count). The largest absolute Gasteiger partial charge is 0.493 e. The zero-order valence-corrected chi connectivity index (χ0v) is 17.0. The predicted octanol–water partition coefficient (Wildman–Crippen LogP) is 4.76. The number of nitrogens with zero attached hydrogens (tertiary/aromatic N) is 3. The number of furan rings is 1. The number of methoxy groups -OCH3 is 1. The Bertz CT molecular complexity index is 1310. The van der Waals surface area contributed by atoms with E-state index in [1.165, 1.54) is 6.08 Å². The summed E-state index contributed by atoms with van der Waals surface area (Å²) in [5, 5.41) is 15.0. The number of rotatable bonds is 6. The van der Waals surface area contributed by atoms with Gasteiger partial charge in [-0.05, 0) is 37.3 Å². The van der Waals surface area contributed by atoms with Crippen LogP contribution >= 0.6 is 0 Å². The SMILES string of the molecule is CCOC(=O)/C(C#N)=C\c1cn(-c2ccccc2)nc1-c1cc2cccc(OC)c2o1. The Morgan fingerprint density at radius 2 is 2.03 bits per heavy atom. The van der Waals surface area contributed by atoms with Crippen molar-refractivity contribution >= 4 is 23.0 Å². The van der Waals surface area contributed by atoms with Crippen molar-refractivity contribution in [3.8, 4) is 29.0 Å². The molecular formula is C24H19N3O4. The Hall–Kier alpha value is -4.31. The molecule has 2 aromatic carbocycles. The van der Waals surface area contributed by atoms with Crippen LogP contribution in [0.4, 0.5) is 0 Å². The Labute approximate surface area is 178 Å². The molecule has 4 aromatic rings. The number of nitriles is 1. The number of benzene rings is 2. The topological polar surface area (TPSA) is 90.3 Å². The fourth-order valence-corrected chi connectivity index (χ4v) is 3.21. The molecular weight excluding hydrogens is 394 g/mol. The zero-order valence-electron chi connectivity index (χ0n) is 17.0. The molecule has 0 aliphatic carbocycles. The van der Waals surface area contributed by atoms with Gasteiger partial charge >= 0.3 is 5.97 Å². The first kappa shape index (κ1) is 20.0. The van der Waals surface area contributed by atoms with Crippen molar-refractivity contribution in [1.29, 1.82) is 5.26 Å². The summed E-state index contributed by atoms with van der Waals surface area (Å²) in [6.45, 7) is 1.87. The highest BCUT2D eigenvalue weighted by atomic mass is 16.5. The average Bonchev–Trinajstić information content (AvgIpc) is 3.42. The van der Waals surface area contributed by atoms with Crippen LogP contribution in [0.2, 0.25) is 0 Å². The summed E-state index contributed by atoms with van der Waals surface area (Å²) in [5.74, 6) is 0.406. The number of ether oxygens (including phenoxy) is 2. The quantitative estimate of drug-likeness (QED) is 0.257. The van der Waals surface area contributed by atoms with Crippen LogP contribution in [0.3, 0.4) is 0 Å². The van der Waals surface area contributed by atoms with Gasteiger partial charge in [0.2, 0.25) is 0 Å². The Morgan fingerprint density at radius 1 is 1.23 bits per heavy atom. The molecule has 0 saturated heterocycles. The van der Waals surface area contributed by atoms with Gasteiger partial charge < -0.3 is 13.9 Å². The van der Waals surface area contributed by atoms with E-state index in [9.17, 15) is 10.1 Å². The van der Waals surface area contributed by atoms with Crippen LogP contribution in [0, 0.1) is 11.3 Å². The fraction of sp³-hybridized carbons (Fsp3) is 0.125. The van der Waals surface area contributed by atoms with E-state index < -0.39 is 5.97 Å². The lowest BCUT2D eigenvalue weighted by Crippen LogP contribution is -2.06. The molecule has 2 heterocycles. The molecule has 7 heteroatoms. The van der Waals surface area contributed by atoms with E-state index >= 15 is 0 Å². The van der Waals surface area contributed by atoms with Gasteiger partial charge in [-0.1, -0.05) is 30.3 Å². The second-order valence-electron chi connectivity index (χ2n) is 6.59. The van der Waals surface area contributed by atoms with E-state index in [-0.39, 0.29) is 12.2 Å². The number of fused-ring (bicyclic) bond motifs is 1. The standard InChI is InChI=1S/C24H19N3O4/c1-3-30-24(28)17(14-25)12-18-15-27(19-9-5-4-6-10-19)26-22(18)21-13-16-8-7-11-20(29-2)23(16)31-21/h4-13,15H,3H2,1-2H3/b17-12-. The van der Waals surface area contributed by atoms with Gasteiger partial charge in [-0.25, -0.2) is 9.48 Å². The van der Waals surface area contributed by atoms with Crippen LogP contribution in [0.5, 0.6) is 5.75 Å². The molecule has 0 saturated carbocycles. The van der Waals surface area contributed by atoms with Crippen molar-refractivity contribution in [2.24, 2.45) is 0 Å². The molecule has 0 amide bonds. The number of hydrogen-bond acceptors (Lipinski definition) is 6. The highest BCUT2D eigenvalue weighted by Crippen LogP contribution is 2.35. The number of carbonyl (C=O) groups is 1. The van der Waals surface area contributed by atoms with Crippen molar-refractivity contribution in [3.05, 3.63) is 71.9 Å². The monoisotopic (exact) mass is 413 g/mol. The van der Waals surface area contributed by atoms with Gasteiger partial charge in [0.15, 0.2) is 17.1 Å². The molecule has 2 aromatic heterocycles. The molecule has 0 spiro atoms. The van der Waals surface area contributed by atoms with E-state index in [0.717, 1.165) is 11.1 Å². The van der Waals surface area contributed by atoms with Crippen molar-refractivity contribution in [1.82, 2.24) is 9.78 Å². The van der Waals surface area contributed by atoms with Gasteiger partial charge in [-0.2, -0.15) is 10.4 Å². The number of aromatic nitrogens is 2. The van der Waals surface area contributed by atoms with E-state index in [4.69, 9.17) is 13.9 Å². The molecule has 0 N–H and O–H groups in total. The van der Waals surface area contributed by atoms with Crippen molar-refractivity contribution in [3.63, 3.8) is 0 Å². The average molecular weight is 413 g/mol. The van der Waals surface area contributed by atoms with E-state index in [1.54, 1.807) is 24.9 Å². The minimum absolute atomic E-state index is 0.121. The number of para-hydroxylation sites is 2. The molecule has 7 nitrogen and oxygen atoms in total. The van der Waals surface area contributed by atoms with Crippen LogP contribution < -0.4 is 4.74 Å². The van der Waals surface area contributed by atoms with E-state index in [2.05, 4.69) is 5.10 Å². The Morgan fingerprint density at radius 3 is 2.74 bits per heavy atom. The molecule has 31 heavy (non-hydrogen) atoms. The second-order valence-corrected chi connectivity index (χ2v) is 6.59. The minimum atomic E-state index is -0.685. The lowest BCUT2D eigenvalue weighted by Gasteiger charge is -2.00.